The fourth-order valence-corrected chi connectivity index (χ4v) is 14.1. The Hall–Kier alpha value is -1.66. The maximum Gasteiger partial charge on any atom is 0.305 e. The molecule has 0 saturated carbocycles. The molecule has 0 spiro atoms. The highest BCUT2D eigenvalue weighted by atomic mass is 16.5. The molecule has 0 aromatic rings. The molecule has 0 rings (SSSR count). The topological polar surface area (TPSA) is 95.9 Å². The Bertz CT molecular complexity index is 1480. The molecule has 0 aromatic heterocycles. The van der Waals surface area contributed by atoms with Crippen LogP contribution in [0.1, 0.15) is 502 Å². The molecule has 94 heavy (non-hydrogen) atoms. The van der Waals surface area contributed by atoms with Crippen molar-refractivity contribution in [2.45, 2.75) is 514 Å². The Balaban J connectivity index is 3.30. The van der Waals surface area contributed by atoms with Crippen LogP contribution in [0.15, 0.2) is 24.3 Å². The third-order valence-electron chi connectivity index (χ3n) is 20.8. The van der Waals surface area contributed by atoms with E-state index >= 15 is 0 Å². The number of nitrogens with one attached hydrogen (secondary N) is 1. The average Bonchev–Trinajstić information content (AvgIpc) is 3.65. The highest BCUT2D eigenvalue weighted by Crippen LogP contribution is 2.21. The molecule has 6 nitrogen and oxygen atoms in total. The molecule has 3 N–H and O–H groups in total. The van der Waals surface area contributed by atoms with Crippen LogP contribution >= 0.6 is 0 Å². The zero-order valence-corrected chi connectivity index (χ0v) is 64.2. The van der Waals surface area contributed by atoms with Crippen molar-refractivity contribution in [1.82, 2.24) is 5.32 Å². The van der Waals surface area contributed by atoms with Crippen molar-refractivity contribution in [3.05, 3.63) is 24.3 Å². The minimum absolute atomic E-state index is 0.0172. The second-order valence-corrected chi connectivity index (χ2v) is 30.2. The molecule has 1 amide bonds. The number of aliphatic hydroxyl groups is 2. The fraction of sp³-hybridized carbons (Fsp3) is 0.932. The fourth-order valence-electron chi connectivity index (χ4n) is 14.1. The van der Waals surface area contributed by atoms with Crippen LogP contribution < -0.4 is 5.32 Å². The molecule has 0 aliphatic carbocycles. The zero-order valence-electron chi connectivity index (χ0n) is 64.2. The minimum Gasteiger partial charge on any atom is -0.466 e. The third-order valence-corrected chi connectivity index (χ3v) is 20.8. The van der Waals surface area contributed by atoms with E-state index in [1.807, 2.05) is 0 Å². The lowest BCUT2D eigenvalue weighted by Crippen LogP contribution is -2.45. The zero-order chi connectivity index (χ0) is 67.7. The van der Waals surface area contributed by atoms with Crippen molar-refractivity contribution < 1.29 is 24.5 Å². The van der Waals surface area contributed by atoms with Gasteiger partial charge in [0.1, 0.15) is 0 Å². The first-order valence-electron chi connectivity index (χ1n) is 43.6. The van der Waals surface area contributed by atoms with Gasteiger partial charge in [-0.05, 0) is 57.8 Å². The van der Waals surface area contributed by atoms with Crippen molar-refractivity contribution in [1.29, 1.82) is 0 Å². The van der Waals surface area contributed by atoms with Gasteiger partial charge in [-0.1, -0.05) is 456 Å². The summed E-state index contributed by atoms with van der Waals surface area (Å²) >= 11 is 0. The first-order chi connectivity index (χ1) is 46.5. The molecule has 0 fully saturated rings. The van der Waals surface area contributed by atoms with E-state index in [4.69, 9.17) is 4.74 Å². The minimum atomic E-state index is -0.661. The normalized spacial score (nSPS) is 12.5. The standard InChI is InChI=1S/C88H171NO5/c1-3-5-7-9-11-13-15-17-19-21-23-24-42-45-48-52-56-60-64-68-72-76-80-86(91)85(84-90)89-87(92)81-77-73-69-65-61-57-53-49-46-43-40-38-36-34-32-30-28-26-25-27-29-31-33-35-37-39-41-44-47-51-55-59-63-67-71-75-79-83-94-88(93)82-78-74-70-66-62-58-54-50-22-20-18-16-14-12-10-8-6-4-2/h14,16,20,22,85-86,90-91H,3-13,15,17-19,21,23-84H2,1-2H3,(H,89,92)/b16-14-,22-20-. The molecule has 0 heterocycles. The summed E-state index contributed by atoms with van der Waals surface area (Å²) in [4.78, 5) is 24.7. The first kappa shape index (κ1) is 92.3. The number of rotatable bonds is 83. The molecule has 0 aromatic carbocycles. The Morgan fingerprint density at radius 2 is 0.532 bits per heavy atom. The van der Waals surface area contributed by atoms with E-state index in [0.29, 0.717) is 25.9 Å². The van der Waals surface area contributed by atoms with Crippen LogP contribution in [0.4, 0.5) is 0 Å². The molecular formula is C88H171NO5. The molecule has 0 aliphatic rings. The van der Waals surface area contributed by atoms with Gasteiger partial charge in [-0.15, -0.1) is 0 Å². The molecular weight excluding hydrogens is 1150 g/mol. The number of carbonyl (C=O) groups excluding carboxylic acids is 2. The lowest BCUT2D eigenvalue weighted by atomic mass is 10.0. The van der Waals surface area contributed by atoms with Gasteiger partial charge < -0.3 is 20.3 Å². The smallest absolute Gasteiger partial charge is 0.305 e. The lowest BCUT2D eigenvalue weighted by Gasteiger charge is -2.22. The first-order valence-corrected chi connectivity index (χ1v) is 43.6. The Labute approximate surface area is 590 Å². The van der Waals surface area contributed by atoms with Crippen LogP contribution in [-0.4, -0.2) is 47.4 Å². The van der Waals surface area contributed by atoms with Gasteiger partial charge in [0, 0.05) is 12.8 Å². The highest BCUT2D eigenvalue weighted by Gasteiger charge is 2.20. The summed E-state index contributed by atoms with van der Waals surface area (Å²) in [5.41, 5.74) is 0. The number of esters is 1. The van der Waals surface area contributed by atoms with Crippen molar-refractivity contribution in [2.24, 2.45) is 0 Å². The molecule has 0 aliphatic heterocycles. The molecule has 2 atom stereocenters. The van der Waals surface area contributed by atoms with Gasteiger partial charge in [0.05, 0.1) is 25.4 Å². The highest BCUT2D eigenvalue weighted by molar-refractivity contribution is 5.76. The molecule has 6 heteroatoms. The number of aliphatic hydroxyl groups excluding tert-OH is 2. The van der Waals surface area contributed by atoms with Gasteiger partial charge in [0.15, 0.2) is 0 Å². The number of allylic oxidation sites excluding steroid dienone is 4. The molecule has 0 saturated heterocycles. The van der Waals surface area contributed by atoms with Crippen LogP contribution in [0.3, 0.4) is 0 Å². The van der Waals surface area contributed by atoms with E-state index in [1.165, 1.54) is 417 Å². The summed E-state index contributed by atoms with van der Waals surface area (Å²) in [6, 6.07) is -0.538. The SMILES string of the molecule is CCCCCC/C=C\C/C=C\CCCCCCCCCC(=O)OCCCCCCCCCCCCCCCCCCCCCCCCCCCCCCCCCCCCCCCC(=O)NC(CO)C(O)CCCCCCCCCCCCCCCCCCCCCCCC. The summed E-state index contributed by atoms with van der Waals surface area (Å²) in [5, 5.41) is 23.5. The average molecular weight is 1320 g/mol. The summed E-state index contributed by atoms with van der Waals surface area (Å²) < 4.78 is 5.52. The maximum atomic E-state index is 12.6. The monoisotopic (exact) mass is 1320 g/mol. The van der Waals surface area contributed by atoms with Crippen LogP contribution in [0.25, 0.3) is 0 Å². The summed E-state index contributed by atoms with van der Waals surface area (Å²) in [6.07, 6.45) is 109. The molecule has 0 radical (unpaired) electrons. The van der Waals surface area contributed by atoms with Gasteiger partial charge in [-0.2, -0.15) is 0 Å². The molecule has 0 bridgehead atoms. The summed E-state index contributed by atoms with van der Waals surface area (Å²) in [6.45, 7) is 5.00. The van der Waals surface area contributed by atoms with Crippen molar-refractivity contribution >= 4 is 11.9 Å². The quantitative estimate of drug-likeness (QED) is 0.0320. The van der Waals surface area contributed by atoms with E-state index in [9.17, 15) is 19.8 Å². The Kier molecular flexibility index (Phi) is 82.3. The van der Waals surface area contributed by atoms with Crippen molar-refractivity contribution in [3.8, 4) is 0 Å². The predicted octanol–water partition coefficient (Wildman–Crippen LogP) is 29.2. The lowest BCUT2D eigenvalue weighted by molar-refractivity contribution is -0.143. The second kappa shape index (κ2) is 83.8. The van der Waals surface area contributed by atoms with Crippen LogP contribution in [0, 0.1) is 0 Å². The molecule has 2 unspecified atom stereocenters. The number of ether oxygens (including phenoxy) is 1. The summed E-state index contributed by atoms with van der Waals surface area (Å²) in [7, 11) is 0. The summed E-state index contributed by atoms with van der Waals surface area (Å²) in [5.74, 6) is -0.00596. The molecule has 558 valence electrons. The van der Waals surface area contributed by atoms with Gasteiger partial charge in [0.25, 0.3) is 0 Å². The van der Waals surface area contributed by atoms with Crippen molar-refractivity contribution in [3.63, 3.8) is 0 Å². The van der Waals surface area contributed by atoms with Gasteiger partial charge in [-0.25, -0.2) is 0 Å². The van der Waals surface area contributed by atoms with Gasteiger partial charge in [0.2, 0.25) is 5.91 Å². The number of unbranched alkanes of at least 4 members (excludes halogenated alkanes) is 68. The Morgan fingerprint density at radius 3 is 0.819 bits per heavy atom. The van der Waals surface area contributed by atoms with Gasteiger partial charge >= 0.3 is 5.97 Å². The second-order valence-electron chi connectivity index (χ2n) is 30.2. The Morgan fingerprint density at radius 1 is 0.298 bits per heavy atom. The van der Waals surface area contributed by atoms with Crippen LogP contribution in [0.5, 0.6) is 0 Å². The number of hydrogen-bond donors (Lipinski definition) is 3. The van der Waals surface area contributed by atoms with Crippen LogP contribution in [0.2, 0.25) is 0 Å². The van der Waals surface area contributed by atoms with E-state index in [-0.39, 0.29) is 18.5 Å². The van der Waals surface area contributed by atoms with E-state index < -0.39 is 12.1 Å². The van der Waals surface area contributed by atoms with E-state index in [2.05, 4.69) is 43.5 Å². The predicted molar refractivity (Wildman–Crippen MR) is 417 cm³/mol. The largest absolute Gasteiger partial charge is 0.466 e. The van der Waals surface area contributed by atoms with E-state index in [0.717, 1.165) is 51.4 Å². The van der Waals surface area contributed by atoms with Crippen molar-refractivity contribution in [2.75, 3.05) is 13.2 Å². The van der Waals surface area contributed by atoms with Gasteiger partial charge in [-0.3, -0.25) is 9.59 Å². The maximum absolute atomic E-state index is 12.6. The van der Waals surface area contributed by atoms with Crippen LogP contribution in [-0.2, 0) is 14.3 Å². The number of hydrogen-bond acceptors (Lipinski definition) is 5. The third kappa shape index (κ3) is 79.3. The number of amides is 1. The van der Waals surface area contributed by atoms with E-state index in [1.54, 1.807) is 0 Å². The number of carbonyl (C=O) groups is 2.